The Bertz CT molecular complexity index is 184. The second-order valence-electron chi connectivity index (χ2n) is 2.54. The van der Waals surface area contributed by atoms with Crippen LogP contribution in [0.2, 0.25) is 0 Å². The third-order valence-electron chi connectivity index (χ3n) is 1.73. The fourth-order valence-electron chi connectivity index (χ4n) is 1.12. The van der Waals surface area contributed by atoms with Crippen LogP contribution >= 0.6 is 11.3 Å². The Balaban J connectivity index is 2.56. The summed E-state index contributed by atoms with van der Waals surface area (Å²) in [5.74, 6) is 0. The van der Waals surface area contributed by atoms with Gasteiger partial charge in [-0.25, -0.2) is 4.98 Å². The van der Waals surface area contributed by atoms with E-state index in [-0.39, 0.29) is 0 Å². The maximum atomic E-state index is 4.26. The van der Waals surface area contributed by atoms with Gasteiger partial charge in [0.15, 0.2) is 0 Å². The third kappa shape index (κ3) is 2.27. The number of rotatable bonds is 4. The molecule has 0 fully saturated rings. The lowest BCUT2D eigenvalue weighted by molar-refractivity contribution is 0.531. The molecule has 11 heavy (non-hydrogen) atoms. The minimum atomic E-state index is 0.450. The molecule has 62 valence electrons. The smallest absolute Gasteiger partial charge is 0.0795 e. The topological polar surface area (TPSA) is 24.9 Å². The van der Waals surface area contributed by atoms with Gasteiger partial charge in [0.25, 0.3) is 0 Å². The molecule has 0 aromatic carbocycles. The van der Waals surface area contributed by atoms with E-state index in [9.17, 15) is 0 Å². The van der Waals surface area contributed by atoms with E-state index in [1.807, 2.05) is 12.6 Å². The Morgan fingerprint density at radius 1 is 1.73 bits per heavy atom. The molecule has 1 aromatic rings. The van der Waals surface area contributed by atoms with Crippen molar-refractivity contribution in [2.24, 2.45) is 0 Å². The van der Waals surface area contributed by atoms with Gasteiger partial charge < -0.3 is 5.32 Å². The molecule has 1 N–H and O–H groups in total. The van der Waals surface area contributed by atoms with E-state index >= 15 is 0 Å². The van der Waals surface area contributed by atoms with Gasteiger partial charge in [0.05, 0.1) is 17.2 Å². The van der Waals surface area contributed by atoms with Gasteiger partial charge >= 0.3 is 0 Å². The van der Waals surface area contributed by atoms with E-state index in [1.165, 1.54) is 18.5 Å². The molecule has 0 saturated carbocycles. The lowest BCUT2D eigenvalue weighted by atomic mass is 10.1. The van der Waals surface area contributed by atoms with Crippen molar-refractivity contribution in [2.75, 3.05) is 7.05 Å². The molecule has 1 atom stereocenters. The molecule has 0 spiro atoms. The third-order valence-corrected chi connectivity index (χ3v) is 2.34. The van der Waals surface area contributed by atoms with Crippen LogP contribution in [0.15, 0.2) is 10.9 Å². The number of nitrogens with one attached hydrogen (secondary N) is 1. The van der Waals surface area contributed by atoms with Crippen molar-refractivity contribution < 1.29 is 0 Å². The number of hydrogen-bond acceptors (Lipinski definition) is 3. The average molecular weight is 170 g/mol. The maximum absolute atomic E-state index is 4.26. The van der Waals surface area contributed by atoms with Gasteiger partial charge in [-0.1, -0.05) is 13.3 Å². The minimum absolute atomic E-state index is 0.450. The van der Waals surface area contributed by atoms with Crippen molar-refractivity contribution in [2.45, 2.75) is 25.8 Å². The first-order chi connectivity index (χ1) is 5.38. The molecule has 0 radical (unpaired) electrons. The number of nitrogens with zero attached hydrogens (tertiary/aromatic N) is 1. The summed E-state index contributed by atoms with van der Waals surface area (Å²) in [6.07, 6.45) is 2.36. The quantitative estimate of drug-likeness (QED) is 0.749. The summed E-state index contributed by atoms with van der Waals surface area (Å²) in [6.45, 7) is 2.19. The monoisotopic (exact) mass is 170 g/mol. The van der Waals surface area contributed by atoms with Gasteiger partial charge in [0.2, 0.25) is 0 Å². The summed E-state index contributed by atoms with van der Waals surface area (Å²) in [4.78, 5) is 4.26. The predicted octanol–water partition coefficient (Wildman–Crippen LogP) is 2.20. The number of aromatic nitrogens is 1. The second kappa shape index (κ2) is 4.46. The fourth-order valence-corrected chi connectivity index (χ4v) is 1.73. The van der Waals surface area contributed by atoms with E-state index in [1.54, 1.807) is 11.3 Å². The van der Waals surface area contributed by atoms with E-state index < -0.39 is 0 Å². The Morgan fingerprint density at radius 3 is 3.00 bits per heavy atom. The first kappa shape index (κ1) is 8.68. The van der Waals surface area contributed by atoms with Crippen LogP contribution in [0.4, 0.5) is 0 Å². The van der Waals surface area contributed by atoms with Gasteiger partial charge in [0.1, 0.15) is 0 Å². The first-order valence-corrected chi connectivity index (χ1v) is 4.88. The SMILES string of the molecule is CCCC(NC)c1cscn1. The summed E-state index contributed by atoms with van der Waals surface area (Å²) in [7, 11) is 1.99. The molecule has 1 aromatic heterocycles. The Kier molecular flexibility index (Phi) is 3.52. The molecule has 0 aliphatic carbocycles. The lowest BCUT2D eigenvalue weighted by Gasteiger charge is -2.11. The molecule has 3 heteroatoms. The van der Waals surface area contributed by atoms with Crippen LogP contribution in [-0.4, -0.2) is 12.0 Å². The Morgan fingerprint density at radius 2 is 2.55 bits per heavy atom. The summed E-state index contributed by atoms with van der Waals surface area (Å²) >= 11 is 1.66. The largest absolute Gasteiger partial charge is 0.312 e. The molecule has 0 aliphatic heterocycles. The standard InChI is InChI=1S/C8H14N2S/c1-3-4-7(9-2)8-5-11-6-10-8/h5-7,9H,3-4H2,1-2H3. The average Bonchev–Trinajstić information content (AvgIpc) is 2.52. The molecule has 1 rings (SSSR count). The van der Waals surface area contributed by atoms with E-state index in [0.29, 0.717) is 6.04 Å². The first-order valence-electron chi connectivity index (χ1n) is 3.93. The zero-order chi connectivity index (χ0) is 8.10. The van der Waals surface area contributed by atoms with Crippen LogP contribution < -0.4 is 5.32 Å². The molecular weight excluding hydrogens is 156 g/mol. The number of thiazole rings is 1. The van der Waals surface area contributed by atoms with E-state index in [2.05, 4.69) is 22.6 Å². The predicted molar refractivity (Wildman–Crippen MR) is 48.8 cm³/mol. The van der Waals surface area contributed by atoms with Crippen molar-refractivity contribution in [1.82, 2.24) is 10.3 Å². The van der Waals surface area contributed by atoms with E-state index in [0.717, 1.165) is 0 Å². The van der Waals surface area contributed by atoms with E-state index in [4.69, 9.17) is 0 Å². The highest BCUT2D eigenvalue weighted by Gasteiger charge is 2.08. The lowest BCUT2D eigenvalue weighted by Crippen LogP contribution is -2.16. The van der Waals surface area contributed by atoms with Crippen molar-refractivity contribution in [3.05, 3.63) is 16.6 Å². The summed E-state index contributed by atoms with van der Waals surface area (Å²) in [6, 6.07) is 0.450. The highest BCUT2D eigenvalue weighted by atomic mass is 32.1. The minimum Gasteiger partial charge on any atom is -0.312 e. The molecule has 0 amide bonds. The van der Waals surface area contributed by atoms with Crippen LogP contribution in [0, 0.1) is 0 Å². The second-order valence-corrected chi connectivity index (χ2v) is 3.26. The van der Waals surface area contributed by atoms with Crippen molar-refractivity contribution >= 4 is 11.3 Å². The van der Waals surface area contributed by atoms with Crippen LogP contribution in [0.3, 0.4) is 0 Å². The molecular formula is C8H14N2S. The summed E-state index contributed by atoms with van der Waals surface area (Å²) < 4.78 is 0. The van der Waals surface area contributed by atoms with Crippen molar-refractivity contribution in [3.8, 4) is 0 Å². The molecule has 0 saturated heterocycles. The highest BCUT2D eigenvalue weighted by molar-refractivity contribution is 7.07. The molecule has 0 bridgehead atoms. The van der Waals surface area contributed by atoms with Crippen LogP contribution in [0.5, 0.6) is 0 Å². The zero-order valence-corrected chi connectivity index (χ0v) is 7.82. The molecule has 2 nitrogen and oxygen atoms in total. The number of hydrogen-bond donors (Lipinski definition) is 1. The van der Waals surface area contributed by atoms with Crippen molar-refractivity contribution in [1.29, 1.82) is 0 Å². The van der Waals surface area contributed by atoms with Crippen molar-refractivity contribution in [3.63, 3.8) is 0 Å². The Hall–Kier alpha value is -0.410. The molecule has 1 heterocycles. The molecule has 1 unspecified atom stereocenters. The highest BCUT2D eigenvalue weighted by Crippen LogP contribution is 2.16. The van der Waals surface area contributed by atoms with Crippen LogP contribution in [0.1, 0.15) is 31.5 Å². The molecule has 0 aliphatic rings. The van der Waals surface area contributed by atoms with Gasteiger partial charge in [-0.2, -0.15) is 0 Å². The van der Waals surface area contributed by atoms with Gasteiger partial charge in [-0.15, -0.1) is 11.3 Å². The Labute approximate surface area is 71.7 Å². The van der Waals surface area contributed by atoms with Crippen LogP contribution in [0.25, 0.3) is 0 Å². The zero-order valence-electron chi connectivity index (χ0n) is 7.00. The van der Waals surface area contributed by atoms with Gasteiger partial charge in [-0.3, -0.25) is 0 Å². The van der Waals surface area contributed by atoms with Gasteiger partial charge in [0, 0.05) is 5.38 Å². The van der Waals surface area contributed by atoms with Crippen LogP contribution in [-0.2, 0) is 0 Å². The fraction of sp³-hybridized carbons (Fsp3) is 0.625. The summed E-state index contributed by atoms with van der Waals surface area (Å²) in [5.41, 5.74) is 3.06. The summed E-state index contributed by atoms with van der Waals surface area (Å²) in [5, 5.41) is 5.36. The normalized spacial score (nSPS) is 13.3. The van der Waals surface area contributed by atoms with Gasteiger partial charge in [-0.05, 0) is 13.5 Å². The maximum Gasteiger partial charge on any atom is 0.0795 e.